The summed E-state index contributed by atoms with van der Waals surface area (Å²) in [7, 11) is 0. The van der Waals surface area contributed by atoms with E-state index < -0.39 is 0 Å². The van der Waals surface area contributed by atoms with Gasteiger partial charge in [0.1, 0.15) is 5.82 Å². The Morgan fingerprint density at radius 3 is 2.61 bits per heavy atom. The summed E-state index contributed by atoms with van der Waals surface area (Å²) < 4.78 is 21.5. The molecule has 0 atom stereocenters. The molecule has 28 heavy (non-hydrogen) atoms. The van der Waals surface area contributed by atoms with Gasteiger partial charge in [0.2, 0.25) is 0 Å². The van der Waals surface area contributed by atoms with Crippen LogP contribution < -0.4 is 0 Å². The van der Waals surface area contributed by atoms with E-state index in [2.05, 4.69) is 0 Å². The van der Waals surface area contributed by atoms with Crippen molar-refractivity contribution in [2.45, 2.75) is 45.7 Å². The van der Waals surface area contributed by atoms with Crippen molar-refractivity contribution in [2.75, 3.05) is 26.2 Å². The van der Waals surface area contributed by atoms with E-state index in [1.165, 1.54) is 18.6 Å². The molecular formula is C21H26FN3O3. The number of hydrogen-bond donors (Lipinski definition) is 0. The lowest BCUT2D eigenvalue weighted by Gasteiger charge is -2.32. The fourth-order valence-electron chi connectivity index (χ4n) is 4.33. The minimum atomic E-state index is -0.349. The number of likely N-dealkylation sites (tertiary alicyclic amines) is 1. The van der Waals surface area contributed by atoms with Gasteiger partial charge in [-0.05, 0) is 49.4 Å². The van der Waals surface area contributed by atoms with Gasteiger partial charge < -0.3 is 19.1 Å². The highest BCUT2D eigenvalue weighted by atomic mass is 19.1. The van der Waals surface area contributed by atoms with E-state index in [0.717, 1.165) is 48.0 Å². The third-order valence-corrected chi connectivity index (χ3v) is 5.61. The van der Waals surface area contributed by atoms with Gasteiger partial charge >= 0.3 is 12.0 Å². The van der Waals surface area contributed by atoms with E-state index >= 15 is 0 Å². The van der Waals surface area contributed by atoms with Crippen molar-refractivity contribution in [2.24, 2.45) is 0 Å². The molecule has 1 saturated heterocycles. The third kappa shape index (κ3) is 3.57. The molecule has 1 fully saturated rings. The van der Waals surface area contributed by atoms with Crippen LogP contribution in [0.5, 0.6) is 0 Å². The predicted molar refractivity (Wildman–Crippen MR) is 103 cm³/mol. The SMILES string of the molecule is CCOC(=O)Cc1cn2c3c(cc(F)cc13)CN(C(=O)N1CCCCC1)CC2. The Morgan fingerprint density at radius 2 is 1.86 bits per heavy atom. The number of halogens is 1. The number of rotatable bonds is 3. The Kier molecular flexibility index (Phi) is 5.24. The number of nitrogens with zero attached hydrogens (tertiary/aromatic N) is 3. The molecule has 0 saturated carbocycles. The van der Waals surface area contributed by atoms with Crippen molar-refractivity contribution in [1.29, 1.82) is 0 Å². The highest BCUT2D eigenvalue weighted by molar-refractivity contribution is 5.90. The van der Waals surface area contributed by atoms with Crippen LogP contribution in [-0.2, 0) is 29.0 Å². The Hall–Kier alpha value is -2.57. The summed E-state index contributed by atoms with van der Waals surface area (Å²) in [4.78, 5) is 28.6. The quantitative estimate of drug-likeness (QED) is 0.760. The van der Waals surface area contributed by atoms with E-state index in [1.54, 1.807) is 6.92 Å². The summed E-state index contributed by atoms with van der Waals surface area (Å²) in [5.41, 5.74) is 2.47. The summed E-state index contributed by atoms with van der Waals surface area (Å²) in [6.45, 7) is 5.25. The van der Waals surface area contributed by atoms with Crippen LogP contribution in [0.2, 0.25) is 0 Å². The summed E-state index contributed by atoms with van der Waals surface area (Å²) in [6, 6.07) is 3.02. The Bertz CT molecular complexity index is 902. The number of carbonyl (C=O) groups excluding carboxylic acids is 2. The molecule has 0 spiro atoms. The van der Waals surface area contributed by atoms with Crippen LogP contribution in [0.1, 0.15) is 37.3 Å². The fraction of sp³-hybridized carbons (Fsp3) is 0.524. The number of amides is 2. The number of carbonyl (C=O) groups is 2. The second-order valence-electron chi connectivity index (χ2n) is 7.54. The van der Waals surface area contributed by atoms with E-state index in [1.807, 2.05) is 20.6 Å². The van der Waals surface area contributed by atoms with Gasteiger partial charge in [0.25, 0.3) is 0 Å². The second kappa shape index (κ2) is 7.81. The number of urea groups is 1. The van der Waals surface area contributed by atoms with Crippen LogP contribution in [0.25, 0.3) is 10.9 Å². The maximum Gasteiger partial charge on any atom is 0.320 e. The zero-order valence-electron chi connectivity index (χ0n) is 16.2. The lowest BCUT2D eigenvalue weighted by atomic mass is 10.1. The van der Waals surface area contributed by atoms with Crippen molar-refractivity contribution in [3.05, 3.63) is 35.3 Å². The van der Waals surface area contributed by atoms with Gasteiger partial charge in [-0.2, -0.15) is 0 Å². The van der Waals surface area contributed by atoms with Crippen LogP contribution in [0.4, 0.5) is 9.18 Å². The number of hydrogen-bond acceptors (Lipinski definition) is 3. The summed E-state index contributed by atoms with van der Waals surface area (Å²) >= 11 is 0. The maximum absolute atomic E-state index is 14.4. The smallest absolute Gasteiger partial charge is 0.320 e. The molecule has 7 heteroatoms. The molecule has 2 aliphatic rings. The number of benzene rings is 1. The molecule has 2 amide bonds. The van der Waals surface area contributed by atoms with Crippen molar-refractivity contribution < 1.29 is 18.7 Å². The largest absolute Gasteiger partial charge is 0.466 e. The van der Waals surface area contributed by atoms with E-state index in [4.69, 9.17) is 4.74 Å². The monoisotopic (exact) mass is 387 g/mol. The molecule has 1 aromatic carbocycles. The number of esters is 1. The Morgan fingerprint density at radius 1 is 1.07 bits per heavy atom. The minimum Gasteiger partial charge on any atom is -0.466 e. The number of ether oxygens (including phenoxy) is 1. The number of piperidine rings is 1. The van der Waals surface area contributed by atoms with E-state index in [9.17, 15) is 14.0 Å². The van der Waals surface area contributed by atoms with E-state index in [0.29, 0.717) is 26.2 Å². The minimum absolute atomic E-state index is 0.0367. The molecule has 0 aliphatic carbocycles. The van der Waals surface area contributed by atoms with Crippen LogP contribution in [-0.4, -0.2) is 52.6 Å². The van der Waals surface area contributed by atoms with Crippen molar-refractivity contribution in [3.63, 3.8) is 0 Å². The van der Waals surface area contributed by atoms with Crippen LogP contribution in [0.15, 0.2) is 18.3 Å². The average molecular weight is 387 g/mol. The predicted octanol–water partition coefficient (Wildman–Crippen LogP) is 3.31. The molecule has 1 aromatic heterocycles. The lowest BCUT2D eigenvalue weighted by molar-refractivity contribution is -0.142. The molecule has 2 aromatic rings. The van der Waals surface area contributed by atoms with Gasteiger partial charge in [0, 0.05) is 44.3 Å². The Labute approximate surface area is 163 Å². The first-order valence-electron chi connectivity index (χ1n) is 10.1. The van der Waals surface area contributed by atoms with Crippen molar-refractivity contribution >= 4 is 22.9 Å². The maximum atomic E-state index is 14.4. The molecule has 6 nitrogen and oxygen atoms in total. The summed E-state index contributed by atoms with van der Waals surface area (Å²) in [5, 5.41) is 0.732. The summed E-state index contributed by atoms with van der Waals surface area (Å²) in [6.07, 6.45) is 5.28. The second-order valence-corrected chi connectivity index (χ2v) is 7.54. The first-order valence-corrected chi connectivity index (χ1v) is 10.1. The first-order chi connectivity index (χ1) is 13.6. The first kappa shape index (κ1) is 18.8. The van der Waals surface area contributed by atoms with Gasteiger partial charge in [0.15, 0.2) is 0 Å². The van der Waals surface area contributed by atoms with Gasteiger partial charge in [-0.3, -0.25) is 4.79 Å². The van der Waals surface area contributed by atoms with Gasteiger partial charge in [-0.1, -0.05) is 0 Å². The third-order valence-electron chi connectivity index (χ3n) is 5.61. The van der Waals surface area contributed by atoms with Gasteiger partial charge in [-0.15, -0.1) is 0 Å². The molecule has 0 unspecified atom stereocenters. The standard InChI is InChI=1S/C21H26FN3O3/c1-2-28-19(26)11-15-13-24-8-9-25(21(27)23-6-4-3-5-7-23)14-16-10-17(22)12-18(15)20(16)24/h10,12-13H,2-9,11,14H2,1H3. The van der Waals surface area contributed by atoms with Crippen LogP contribution in [0, 0.1) is 5.82 Å². The molecule has 0 radical (unpaired) electrons. The van der Waals surface area contributed by atoms with Crippen molar-refractivity contribution in [3.8, 4) is 0 Å². The highest BCUT2D eigenvalue weighted by Gasteiger charge is 2.27. The molecular weight excluding hydrogens is 361 g/mol. The Balaban J connectivity index is 1.64. The van der Waals surface area contributed by atoms with Crippen LogP contribution >= 0.6 is 0 Å². The topological polar surface area (TPSA) is 54.8 Å². The average Bonchev–Trinajstić information content (AvgIpc) is 2.91. The van der Waals surface area contributed by atoms with Gasteiger partial charge in [0.05, 0.1) is 18.5 Å². The van der Waals surface area contributed by atoms with Gasteiger partial charge in [-0.25, -0.2) is 9.18 Å². The number of aromatic nitrogens is 1. The lowest BCUT2D eigenvalue weighted by Crippen LogP contribution is -2.45. The molecule has 3 heterocycles. The normalized spacial score (nSPS) is 16.9. The highest BCUT2D eigenvalue weighted by Crippen LogP contribution is 2.30. The molecule has 150 valence electrons. The zero-order valence-corrected chi connectivity index (χ0v) is 16.2. The summed E-state index contributed by atoms with van der Waals surface area (Å²) in [5.74, 6) is -0.663. The molecule has 4 rings (SSSR count). The van der Waals surface area contributed by atoms with E-state index in [-0.39, 0.29) is 24.2 Å². The van der Waals surface area contributed by atoms with Crippen molar-refractivity contribution in [1.82, 2.24) is 14.4 Å². The zero-order chi connectivity index (χ0) is 19.7. The van der Waals surface area contributed by atoms with Crippen LogP contribution in [0.3, 0.4) is 0 Å². The molecule has 0 bridgehead atoms. The molecule has 0 N–H and O–H groups in total. The molecule has 2 aliphatic heterocycles. The fourth-order valence-corrected chi connectivity index (χ4v) is 4.33.